The van der Waals surface area contributed by atoms with Gasteiger partial charge in [-0.2, -0.15) is 0 Å². The zero-order valence-corrected chi connectivity index (χ0v) is 19.5. The van der Waals surface area contributed by atoms with E-state index in [1.54, 1.807) is 25.3 Å². The van der Waals surface area contributed by atoms with E-state index in [0.717, 1.165) is 21.2 Å². The van der Waals surface area contributed by atoms with E-state index in [9.17, 15) is 5.11 Å². The van der Waals surface area contributed by atoms with Crippen molar-refractivity contribution in [3.63, 3.8) is 0 Å². The summed E-state index contributed by atoms with van der Waals surface area (Å²) in [5, 5.41) is 14.7. The second-order valence-electron chi connectivity index (χ2n) is 6.64. The normalized spacial score (nSPS) is 11.9. The molecule has 3 aromatic rings. The van der Waals surface area contributed by atoms with Crippen LogP contribution in [-0.4, -0.2) is 18.8 Å². The summed E-state index contributed by atoms with van der Waals surface area (Å²) in [5.74, 6) is 1.18. The number of hydrogen-bond donors (Lipinski definition) is 2. The Kier molecular flexibility index (Phi) is 8.42. The first kappa shape index (κ1) is 22.9. The average molecular weight is 511 g/mol. The van der Waals surface area contributed by atoms with Crippen LogP contribution in [0.1, 0.15) is 22.8 Å². The highest BCUT2D eigenvalue weighted by atomic mass is 79.9. The number of methoxy groups -OCH3 is 1. The molecule has 158 valence electrons. The predicted molar refractivity (Wildman–Crippen MR) is 125 cm³/mol. The fourth-order valence-corrected chi connectivity index (χ4v) is 3.91. The maximum atomic E-state index is 10.3. The highest BCUT2D eigenvalue weighted by Gasteiger charge is 2.13. The third-order valence-corrected chi connectivity index (χ3v) is 6.05. The molecule has 3 aromatic carbocycles. The van der Waals surface area contributed by atoms with E-state index in [1.807, 2.05) is 42.5 Å². The summed E-state index contributed by atoms with van der Waals surface area (Å²) in [7, 11) is 1.59. The van der Waals surface area contributed by atoms with Gasteiger partial charge in [0.15, 0.2) is 11.5 Å². The van der Waals surface area contributed by atoms with E-state index >= 15 is 0 Å². The van der Waals surface area contributed by atoms with Crippen LogP contribution < -0.4 is 14.8 Å². The summed E-state index contributed by atoms with van der Waals surface area (Å²) < 4.78 is 12.3. The number of nitrogens with one attached hydrogen (secondary N) is 1. The summed E-state index contributed by atoms with van der Waals surface area (Å²) in [6.45, 7) is 1.21. The number of hydrogen-bond acceptors (Lipinski definition) is 4. The van der Waals surface area contributed by atoms with Gasteiger partial charge in [0.2, 0.25) is 0 Å². The summed E-state index contributed by atoms with van der Waals surface area (Å²) in [6.07, 6.45) is -0.574. The smallest absolute Gasteiger partial charge is 0.162 e. The molecule has 0 fully saturated rings. The molecule has 0 aliphatic rings. The predicted octanol–water partition coefficient (Wildman–Crippen LogP) is 6.17. The van der Waals surface area contributed by atoms with Gasteiger partial charge in [-0.05, 0) is 35.4 Å². The van der Waals surface area contributed by atoms with Gasteiger partial charge in [-0.25, -0.2) is 0 Å². The van der Waals surface area contributed by atoms with Crippen LogP contribution in [0, 0.1) is 0 Å². The molecule has 0 spiro atoms. The molecule has 1 unspecified atom stereocenters. The molecule has 0 bridgehead atoms. The van der Waals surface area contributed by atoms with Gasteiger partial charge < -0.3 is 19.9 Å². The van der Waals surface area contributed by atoms with Crippen molar-refractivity contribution in [1.29, 1.82) is 0 Å². The van der Waals surface area contributed by atoms with Crippen molar-refractivity contribution < 1.29 is 14.6 Å². The Bertz CT molecular complexity index is 965. The Balaban J connectivity index is 1.65. The first-order valence-electron chi connectivity index (χ1n) is 9.35. The van der Waals surface area contributed by atoms with Gasteiger partial charge in [0.05, 0.1) is 13.2 Å². The van der Waals surface area contributed by atoms with E-state index < -0.39 is 6.10 Å². The standard InChI is InChI=1S/C23H22BrCl2NO3/c1-29-22-10-16(12-27-13-21(28)15-6-3-2-4-7-15)18(24)11-23(22)30-14-17-19(25)8-5-9-20(17)26/h2-11,21,27-28H,12-14H2,1H3. The third kappa shape index (κ3) is 5.90. The summed E-state index contributed by atoms with van der Waals surface area (Å²) in [4.78, 5) is 0. The highest BCUT2D eigenvalue weighted by molar-refractivity contribution is 9.10. The fraction of sp³-hybridized carbons (Fsp3) is 0.217. The molecular weight excluding hydrogens is 489 g/mol. The summed E-state index contributed by atoms with van der Waals surface area (Å²) in [5.41, 5.74) is 2.58. The maximum absolute atomic E-state index is 10.3. The molecule has 0 aliphatic carbocycles. The van der Waals surface area contributed by atoms with Crippen LogP contribution in [0.5, 0.6) is 11.5 Å². The number of ether oxygens (including phenoxy) is 2. The van der Waals surface area contributed by atoms with Crippen LogP contribution in [0.15, 0.2) is 65.1 Å². The molecule has 7 heteroatoms. The molecule has 0 saturated carbocycles. The SMILES string of the molecule is COc1cc(CNCC(O)c2ccccc2)c(Br)cc1OCc1c(Cl)cccc1Cl. The van der Waals surface area contributed by atoms with Gasteiger partial charge in [0.1, 0.15) is 6.61 Å². The largest absolute Gasteiger partial charge is 0.493 e. The van der Waals surface area contributed by atoms with E-state index in [0.29, 0.717) is 34.6 Å². The van der Waals surface area contributed by atoms with E-state index in [4.69, 9.17) is 32.7 Å². The van der Waals surface area contributed by atoms with Gasteiger partial charge in [0, 0.05) is 33.2 Å². The number of rotatable bonds is 9. The zero-order chi connectivity index (χ0) is 21.5. The first-order chi connectivity index (χ1) is 14.5. The molecule has 0 heterocycles. The van der Waals surface area contributed by atoms with Crippen LogP contribution in [0.3, 0.4) is 0 Å². The third-order valence-electron chi connectivity index (χ3n) is 4.60. The van der Waals surface area contributed by atoms with Crippen LogP contribution in [0.2, 0.25) is 10.0 Å². The molecule has 2 N–H and O–H groups in total. The highest BCUT2D eigenvalue weighted by Crippen LogP contribution is 2.35. The van der Waals surface area contributed by atoms with Crippen molar-refractivity contribution in [3.05, 3.63) is 91.9 Å². The molecule has 0 aromatic heterocycles. The average Bonchev–Trinajstić information content (AvgIpc) is 2.75. The van der Waals surface area contributed by atoms with E-state index in [2.05, 4.69) is 21.2 Å². The molecule has 1 atom stereocenters. The Morgan fingerprint density at radius 3 is 2.37 bits per heavy atom. The second kappa shape index (κ2) is 11.0. The summed E-state index contributed by atoms with van der Waals surface area (Å²) in [6, 6.07) is 18.7. The van der Waals surface area contributed by atoms with E-state index in [1.165, 1.54) is 0 Å². The Morgan fingerprint density at radius 2 is 1.70 bits per heavy atom. The molecule has 3 rings (SSSR count). The van der Waals surface area contributed by atoms with Crippen molar-refractivity contribution in [2.45, 2.75) is 19.3 Å². The quantitative estimate of drug-likeness (QED) is 0.361. The molecular formula is C23H22BrCl2NO3. The minimum atomic E-state index is -0.574. The lowest BCUT2D eigenvalue weighted by molar-refractivity contribution is 0.174. The Hall–Kier alpha value is -1.76. The second-order valence-corrected chi connectivity index (χ2v) is 8.31. The molecule has 0 radical (unpaired) electrons. The monoisotopic (exact) mass is 509 g/mol. The van der Waals surface area contributed by atoms with Gasteiger partial charge in [-0.1, -0.05) is 75.5 Å². The van der Waals surface area contributed by atoms with Crippen LogP contribution in [-0.2, 0) is 13.2 Å². The molecule has 4 nitrogen and oxygen atoms in total. The van der Waals surface area contributed by atoms with Crippen LogP contribution >= 0.6 is 39.1 Å². The Labute approximate surface area is 194 Å². The van der Waals surface area contributed by atoms with Gasteiger partial charge >= 0.3 is 0 Å². The van der Waals surface area contributed by atoms with Crippen molar-refractivity contribution in [1.82, 2.24) is 5.32 Å². The van der Waals surface area contributed by atoms with Crippen molar-refractivity contribution in [2.24, 2.45) is 0 Å². The van der Waals surface area contributed by atoms with Crippen LogP contribution in [0.25, 0.3) is 0 Å². The Morgan fingerprint density at radius 1 is 1.00 bits per heavy atom. The fourth-order valence-electron chi connectivity index (χ4n) is 2.94. The number of aliphatic hydroxyl groups excluding tert-OH is 1. The van der Waals surface area contributed by atoms with Gasteiger partial charge in [-0.3, -0.25) is 0 Å². The van der Waals surface area contributed by atoms with Gasteiger partial charge in [0.25, 0.3) is 0 Å². The lowest BCUT2D eigenvalue weighted by Crippen LogP contribution is -2.21. The first-order valence-corrected chi connectivity index (χ1v) is 10.9. The molecule has 0 saturated heterocycles. The molecule has 0 amide bonds. The lowest BCUT2D eigenvalue weighted by Gasteiger charge is -2.16. The van der Waals surface area contributed by atoms with Crippen molar-refractivity contribution >= 4 is 39.1 Å². The number of benzene rings is 3. The molecule has 30 heavy (non-hydrogen) atoms. The van der Waals surface area contributed by atoms with Crippen LogP contribution in [0.4, 0.5) is 0 Å². The number of halogens is 3. The lowest BCUT2D eigenvalue weighted by atomic mass is 10.1. The number of aliphatic hydroxyl groups is 1. The zero-order valence-electron chi connectivity index (χ0n) is 16.4. The summed E-state index contributed by atoms with van der Waals surface area (Å²) >= 11 is 16.0. The topological polar surface area (TPSA) is 50.7 Å². The molecule has 0 aliphatic heterocycles. The van der Waals surface area contributed by atoms with Crippen molar-refractivity contribution in [2.75, 3.05) is 13.7 Å². The minimum Gasteiger partial charge on any atom is -0.493 e. The minimum absolute atomic E-state index is 0.224. The van der Waals surface area contributed by atoms with Crippen molar-refractivity contribution in [3.8, 4) is 11.5 Å². The maximum Gasteiger partial charge on any atom is 0.162 e. The van der Waals surface area contributed by atoms with E-state index in [-0.39, 0.29) is 6.61 Å². The van der Waals surface area contributed by atoms with Gasteiger partial charge in [-0.15, -0.1) is 0 Å².